The van der Waals surface area contributed by atoms with Gasteiger partial charge >= 0.3 is 0 Å². The van der Waals surface area contributed by atoms with Gasteiger partial charge in [0, 0.05) is 8.42 Å². The summed E-state index contributed by atoms with van der Waals surface area (Å²) in [5.41, 5.74) is 2.31. The van der Waals surface area contributed by atoms with Crippen molar-refractivity contribution < 1.29 is 4.79 Å². The predicted molar refractivity (Wildman–Crippen MR) is 64.9 cm³/mol. The molecule has 0 saturated heterocycles. The lowest BCUT2D eigenvalue weighted by molar-refractivity contribution is -0.117. The smallest absolute Gasteiger partial charge is 0.237 e. The van der Waals surface area contributed by atoms with Crippen LogP contribution in [0.5, 0.6) is 0 Å². The molecule has 3 atom stereocenters. The molecule has 2 rings (SSSR count). The van der Waals surface area contributed by atoms with Crippen molar-refractivity contribution in [1.29, 1.82) is 0 Å². The Balaban J connectivity index is 2.42. The highest BCUT2D eigenvalue weighted by Gasteiger charge is 2.33. The number of fused-ring (bicyclic) bond motifs is 1. The summed E-state index contributed by atoms with van der Waals surface area (Å²) in [6, 6.07) is 8.11. The van der Waals surface area contributed by atoms with E-state index in [1.165, 1.54) is 5.56 Å². The Bertz CT molecular complexity index is 367. The number of carbonyl (C=O) groups excluding carboxylic acids is 1. The lowest BCUT2D eigenvalue weighted by Crippen LogP contribution is -2.17. The van der Waals surface area contributed by atoms with E-state index in [2.05, 4.69) is 12.7 Å². The van der Waals surface area contributed by atoms with Crippen LogP contribution in [0.25, 0.3) is 0 Å². The minimum Gasteiger partial charge on any atom is -0.289 e. The molecule has 1 heterocycles. The molecule has 1 aliphatic rings. The normalized spacial score (nSPS) is 21.7. The second-order valence-electron chi connectivity index (χ2n) is 3.32. The van der Waals surface area contributed by atoms with Crippen LogP contribution in [0, 0.1) is 0 Å². The molecule has 2 nitrogen and oxygen atoms in total. The topological polar surface area (TPSA) is 20.3 Å². The summed E-state index contributed by atoms with van der Waals surface area (Å²) in [7, 11) is 1.43. The molecule has 4 heteroatoms. The fourth-order valence-corrected chi connectivity index (χ4v) is 3.94. The van der Waals surface area contributed by atoms with Crippen molar-refractivity contribution in [3.8, 4) is 0 Å². The lowest BCUT2D eigenvalue weighted by Gasteiger charge is -2.15. The molecule has 0 bridgehead atoms. The quantitative estimate of drug-likeness (QED) is 0.708. The van der Waals surface area contributed by atoms with Gasteiger partial charge < -0.3 is 0 Å². The molecule has 0 N–H and O–H groups in total. The van der Waals surface area contributed by atoms with Crippen LogP contribution < -0.4 is 4.67 Å². The van der Waals surface area contributed by atoms with E-state index in [4.69, 9.17) is 0 Å². The summed E-state index contributed by atoms with van der Waals surface area (Å²) < 4.78 is 1.94. The predicted octanol–water partition coefficient (Wildman–Crippen LogP) is 2.95. The lowest BCUT2D eigenvalue weighted by atomic mass is 10.0. The Labute approximate surface area is 87.6 Å². The molecule has 0 spiro atoms. The first kappa shape index (κ1) is 10.1. The molecule has 0 fully saturated rings. The minimum absolute atomic E-state index is 0.0510. The summed E-state index contributed by atoms with van der Waals surface area (Å²) >= 11 is 0. The van der Waals surface area contributed by atoms with Crippen molar-refractivity contribution in [1.82, 2.24) is 0 Å². The fraction of sp³-hybridized carbons (Fsp3) is 0.300. The number of benzene rings is 1. The summed E-state index contributed by atoms with van der Waals surface area (Å²) in [6.45, 7) is 4.13. The molecular formula is C10H13NOP2. The van der Waals surface area contributed by atoms with Crippen molar-refractivity contribution in [3.63, 3.8) is 0 Å². The van der Waals surface area contributed by atoms with E-state index < -0.39 is 0 Å². The molecule has 1 aromatic carbocycles. The van der Waals surface area contributed by atoms with Gasteiger partial charge in [-0.05, 0) is 25.2 Å². The molecular weight excluding hydrogens is 212 g/mol. The highest BCUT2D eigenvalue weighted by atomic mass is 32.0. The number of nitrogens with zero attached hydrogens (tertiary/aromatic N) is 1. The van der Waals surface area contributed by atoms with E-state index in [0.29, 0.717) is 8.42 Å². The van der Waals surface area contributed by atoms with Crippen LogP contribution in [0.2, 0.25) is 0 Å². The summed E-state index contributed by atoms with van der Waals surface area (Å²) in [4.78, 5) is 11.9. The van der Waals surface area contributed by atoms with Crippen molar-refractivity contribution in [3.05, 3.63) is 29.8 Å². The summed E-state index contributed by atoms with van der Waals surface area (Å²) in [5, 5.41) is 0. The number of rotatable bonds is 2. The third-order valence-electron chi connectivity index (χ3n) is 2.46. The third-order valence-corrected chi connectivity index (χ3v) is 4.71. The van der Waals surface area contributed by atoms with E-state index in [1.807, 2.05) is 29.8 Å². The number of hydrogen-bond donors (Lipinski definition) is 0. The van der Waals surface area contributed by atoms with E-state index in [-0.39, 0.29) is 11.8 Å². The maximum absolute atomic E-state index is 11.9. The van der Waals surface area contributed by atoms with Crippen molar-refractivity contribution in [2.75, 3.05) is 11.3 Å². The highest BCUT2D eigenvalue weighted by Crippen LogP contribution is 2.48. The van der Waals surface area contributed by atoms with Crippen LogP contribution >= 0.6 is 16.7 Å². The van der Waals surface area contributed by atoms with E-state index in [1.54, 1.807) is 0 Å². The van der Waals surface area contributed by atoms with Gasteiger partial charge in [-0.1, -0.05) is 26.5 Å². The van der Waals surface area contributed by atoms with Crippen LogP contribution in [-0.2, 0) is 4.79 Å². The maximum Gasteiger partial charge on any atom is 0.237 e. The van der Waals surface area contributed by atoms with E-state index >= 15 is 0 Å². The van der Waals surface area contributed by atoms with Crippen LogP contribution in [0.4, 0.5) is 5.69 Å². The summed E-state index contributed by atoms with van der Waals surface area (Å²) in [6.07, 6.45) is 0. The first-order valence-electron chi connectivity index (χ1n) is 4.61. The molecule has 0 aromatic heterocycles. The largest absolute Gasteiger partial charge is 0.289 e. The third kappa shape index (κ3) is 1.47. The SMILES string of the molecule is CPPN1C(=O)C(C)c2ccccc21. The van der Waals surface area contributed by atoms with Crippen LogP contribution in [-0.4, -0.2) is 12.6 Å². The number of carbonyl (C=O) groups is 1. The molecule has 1 aliphatic heterocycles. The van der Waals surface area contributed by atoms with Gasteiger partial charge in [0.1, 0.15) is 0 Å². The Morgan fingerprint density at radius 3 is 2.79 bits per heavy atom. The zero-order valence-electron chi connectivity index (χ0n) is 8.24. The zero-order chi connectivity index (χ0) is 10.1. The fourth-order valence-electron chi connectivity index (χ4n) is 1.73. The molecule has 14 heavy (non-hydrogen) atoms. The Morgan fingerprint density at radius 1 is 1.36 bits per heavy atom. The van der Waals surface area contributed by atoms with Gasteiger partial charge in [-0.2, -0.15) is 0 Å². The van der Waals surface area contributed by atoms with Crippen LogP contribution in [0.1, 0.15) is 18.4 Å². The second-order valence-corrected chi connectivity index (χ2v) is 6.66. The Morgan fingerprint density at radius 2 is 2.07 bits per heavy atom. The number of para-hydroxylation sites is 1. The number of amides is 1. The van der Waals surface area contributed by atoms with Gasteiger partial charge in [-0.25, -0.2) is 0 Å². The maximum atomic E-state index is 11.9. The first-order valence-corrected chi connectivity index (χ1v) is 8.05. The number of hydrogen-bond acceptors (Lipinski definition) is 1. The number of anilines is 1. The molecule has 0 aliphatic carbocycles. The average molecular weight is 225 g/mol. The van der Waals surface area contributed by atoms with Crippen LogP contribution in [0.3, 0.4) is 0 Å². The summed E-state index contributed by atoms with van der Waals surface area (Å²) in [5.74, 6) is 0.314. The van der Waals surface area contributed by atoms with Crippen LogP contribution in [0.15, 0.2) is 24.3 Å². The Kier molecular flexibility index (Phi) is 2.85. The van der Waals surface area contributed by atoms with Gasteiger partial charge in [0.15, 0.2) is 0 Å². The monoisotopic (exact) mass is 225 g/mol. The first-order chi connectivity index (χ1) is 6.75. The Hall–Kier alpha value is -0.450. The van der Waals surface area contributed by atoms with Gasteiger partial charge in [0.25, 0.3) is 0 Å². The second kappa shape index (κ2) is 3.96. The van der Waals surface area contributed by atoms with E-state index in [9.17, 15) is 4.79 Å². The van der Waals surface area contributed by atoms with Crippen molar-refractivity contribution in [2.24, 2.45) is 0 Å². The molecule has 0 radical (unpaired) electrons. The molecule has 0 saturated carbocycles. The molecule has 1 aromatic rings. The standard InChI is InChI=1S/C10H13NOP2/c1-7-8-5-3-4-6-9(8)11(10(7)12)14-13-2/h3-7,13-14H,1-2H3. The molecule has 74 valence electrons. The molecule has 3 unspecified atom stereocenters. The van der Waals surface area contributed by atoms with E-state index in [0.717, 1.165) is 14.0 Å². The average Bonchev–Trinajstić information content (AvgIpc) is 2.45. The highest BCUT2D eigenvalue weighted by molar-refractivity contribution is 8.12. The van der Waals surface area contributed by atoms with Gasteiger partial charge in [0.05, 0.1) is 11.6 Å². The van der Waals surface area contributed by atoms with Crippen molar-refractivity contribution in [2.45, 2.75) is 12.8 Å². The zero-order valence-corrected chi connectivity index (χ0v) is 10.2. The van der Waals surface area contributed by atoms with Gasteiger partial charge in [-0.3, -0.25) is 9.46 Å². The minimum atomic E-state index is 0.0510. The van der Waals surface area contributed by atoms with Gasteiger partial charge in [-0.15, -0.1) is 0 Å². The van der Waals surface area contributed by atoms with Crippen molar-refractivity contribution >= 4 is 28.3 Å². The van der Waals surface area contributed by atoms with Gasteiger partial charge in [0.2, 0.25) is 5.91 Å². The molecule has 1 amide bonds.